The molecule has 1 aliphatic rings. The van der Waals surface area contributed by atoms with E-state index in [1.807, 2.05) is 0 Å². The van der Waals surface area contributed by atoms with Crippen molar-refractivity contribution in [1.82, 2.24) is 10.3 Å². The fourth-order valence-electron chi connectivity index (χ4n) is 1.90. The third-order valence-electron chi connectivity index (χ3n) is 2.93. The van der Waals surface area contributed by atoms with E-state index < -0.39 is 0 Å². The number of nitrogens with zero attached hydrogens (tertiary/aromatic N) is 1. The molecule has 98 valence electrons. The van der Waals surface area contributed by atoms with Gasteiger partial charge in [0.15, 0.2) is 0 Å². The number of quaternary nitrogens is 1. The Labute approximate surface area is 115 Å². The molecule has 0 aromatic carbocycles. The van der Waals surface area contributed by atoms with Gasteiger partial charge in [-0.25, -0.2) is 0 Å². The first-order valence-electron chi connectivity index (χ1n) is 6.06. The highest BCUT2D eigenvalue weighted by Crippen LogP contribution is 2.08. The molecule has 0 unspecified atom stereocenters. The van der Waals surface area contributed by atoms with Crippen molar-refractivity contribution in [1.29, 1.82) is 0 Å². The summed E-state index contributed by atoms with van der Waals surface area (Å²) in [7, 11) is 0. The van der Waals surface area contributed by atoms with Crippen LogP contribution in [0.25, 0.3) is 0 Å². The van der Waals surface area contributed by atoms with Crippen molar-refractivity contribution in [3.63, 3.8) is 0 Å². The predicted octanol–water partition coefficient (Wildman–Crippen LogP) is -0.511. The largest absolute Gasteiger partial charge is 0.370 e. The smallest absolute Gasteiger partial charge is 0.253 e. The first-order valence-corrected chi connectivity index (χ1v) is 6.85. The van der Waals surface area contributed by atoms with Crippen LogP contribution in [0.15, 0.2) is 22.9 Å². The number of nitrogens with one attached hydrogen (secondary N) is 2. The maximum absolute atomic E-state index is 11.8. The molecule has 6 heteroatoms. The van der Waals surface area contributed by atoms with Crippen LogP contribution in [0.3, 0.4) is 0 Å². The highest BCUT2D eigenvalue weighted by Gasteiger charge is 2.13. The van der Waals surface area contributed by atoms with Gasteiger partial charge in [0.2, 0.25) is 0 Å². The molecule has 2 N–H and O–H groups in total. The summed E-state index contributed by atoms with van der Waals surface area (Å²) < 4.78 is 6.10. The number of hydrogen-bond acceptors (Lipinski definition) is 3. The summed E-state index contributed by atoms with van der Waals surface area (Å²) in [5.74, 6) is -0.0727. The van der Waals surface area contributed by atoms with E-state index in [1.54, 1.807) is 18.5 Å². The molecule has 0 radical (unpaired) electrons. The molecule has 1 amide bonds. The second-order valence-electron chi connectivity index (χ2n) is 4.26. The second-order valence-corrected chi connectivity index (χ2v) is 5.18. The van der Waals surface area contributed by atoms with E-state index in [4.69, 9.17) is 4.74 Å². The number of morpholine rings is 1. The van der Waals surface area contributed by atoms with Crippen molar-refractivity contribution in [2.75, 3.05) is 39.4 Å². The molecular formula is C12H17BrN3O2+. The predicted molar refractivity (Wildman–Crippen MR) is 70.7 cm³/mol. The monoisotopic (exact) mass is 314 g/mol. The summed E-state index contributed by atoms with van der Waals surface area (Å²) in [5, 5.41) is 2.91. The maximum atomic E-state index is 11.8. The topological polar surface area (TPSA) is 55.7 Å². The van der Waals surface area contributed by atoms with Crippen molar-refractivity contribution >= 4 is 21.8 Å². The van der Waals surface area contributed by atoms with Gasteiger partial charge in [-0.2, -0.15) is 0 Å². The molecular weight excluding hydrogens is 298 g/mol. The average molecular weight is 315 g/mol. The number of pyridine rings is 1. The highest BCUT2D eigenvalue weighted by molar-refractivity contribution is 9.10. The maximum Gasteiger partial charge on any atom is 0.253 e. The minimum atomic E-state index is -0.0727. The van der Waals surface area contributed by atoms with Crippen molar-refractivity contribution < 1.29 is 14.4 Å². The minimum Gasteiger partial charge on any atom is -0.370 e. The molecule has 0 spiro atoms. The van der Waals surface area contributed by atoms with Crippen LogP contribution in [0.2, 0.25) is 0 Å². The molecule has 0 atom stereocenters. The van der Waals surface area contributed by atoms with Crippen molar-refractivity contribution in [3.05, 3.63) is 28.5 Å². The molecule has 18 heavy (non-hydrogen) atoms. The van der Waals surface area contributed by atoms with Crippen LogP contribution in [-0.4, -0.2) is 50.3 Å². The molecule has 2 heterocycles. The van der Waals surface area contributed by atoms with E-state index in [0.717, 1.165) is 37.3 Å². The van der Waals surface area contributed by atoms with Crippen molar-refractivity contribution in [2.45, 2.75) is 0 Å². The van der Waals surface area contributed by atoms with Gasteiger partial charge in [0.05, 0.1) is 31.9 Å². The van der Waals surface area contributed by atoms with Crippen LogP contribution in [0.4, 0.5) is 0 Å². The van der Waals surface area contributed by atoms with E-state index in [1.165, 1.54) is 4.90 Å². The molecule has 1 aromatic rings. The fraction of sp³-hybridized carbons (Fsp3) is 0.500. The Balaban J connectivity index is 1.74. The number of rotatable bonds is 4. The summed E-state index contributed by atoms with van der Waals surface area (Å²) in [6.07, 6.45) is 3.23. The normalized spacial score (nSPS) is 16.5. The van der Waals surface area contributed by atoms with Crippen LogP contribution in [0, 0.1) is 0 Å². The van der Waals surface area contributed by atoms with Crippen LogP contribution < -0.4 is 10.2 Å². The van der Waals surface area contributed by atoms with Crippen molar-refractivity contribution in [3.8, 4) is 0 Å². The molecule has 0 saturated carbocycles. The lowest BCUT2D eigenvalue weighted by Crippen LogP contribution is -3.14. The molecule has 0 aliphatic carbocycles. The quantitative estimate of drug-likeness (QED) is 0.787. The number of carbonyl (C=O) groups is 1. The number of ether oxygens (including phenoxy) is 1. The zero-order chi connectivity index (χ0) is 12.8. The Morgan fingerprint density at radius 2 is 2.22 bits per heavy atom. The number of aromatic nitrogens is 1. The lowest BCUT2D eigenvalue weighted by molar-refractivity contribution is -0.906. The fourth-order valence-corrected chi connectivity index (χ4v) is 2.27. The van der Waals surface area contributed by atoms with E-state index in [-0.39, 0.29) is 5.91 Å². The third kappa shape index (κ3) is 4.04. The molecule has 1 aromatic heterocycles. The van der Waals surface area contributed by atoms with Gasteiger partial charge in [0.25, 0.3) is 5.91 Å². The zero-order valence-corrected chi connectivity index (χ0v) is 11.7. The number of carbonyl (C=O) groups excluding carboxylic acids is 1. The van der Waals surface area contributed by atoms with E-state index in [9.17, 15) is 4.79 Å². The van der Waals surface area contributed by atoms with Crippen LogP contribution in [-0.2, 0) is 4.74 Å². The third-order valence-corrected chi connectivity index (χ3v) is 3.36. The molecule has 1 saturated heterocycles. The van der Waals surface area contributed by atoms with E-state index in [0.29, 0.717) is 12.1 Å². The minimum absolute atomic E-state index is 0.0727. The average Bonchev–Trinajstić information content (AvgIpc) is 2.40. The Bertz CT molecular complexity index is 408. The number of amides is 1. The number of halogens is 1. The van der Waals surface area contributed by atoms with Crippen LogP contribution >= 0.6 is 15.9 Å². The van der Waals surface area contributed by atoms with Crippen LogP contribution in [0.1, 0.15) is 10.4 Å². The van der Waals surface area contributed by atoms with Crippen molar-refractivity contribution in [2.24, 2.45) is 0 Å². The molecule has 1 aliphatic heterocycles. The van der Waals surface area contributed by atoms with Gasteiger partial charge in [-0.15, -0.1) is 0 Å². The SMILES string of the molecule is O=C(NCC[NH+]1CCOCC1)c1cncc(Br)c1. The van der Waals surface area contributed by atoms with Gasteiger partial charge < -0.3 is 15.0 Å². The zero-order valence-electron chi connectivity index (χ0n) is 10.1. The Morgan fingerprint density at radius 1 is 1.44 bits per heavy atom. The summed E-state index contributed by atoms with van der Waals surface area (Å²) in [5.41, 5.74) is 0.585. The number of hydrogen-bond donors (Lipinski definition) is 2. The Morgan fingerprint density at radius 3 is 2.94 bits per heavy atom. The first kappa shape index (κ1) is 13.5. The van der Waals surface area contributed by atoms with Gasteiger partial charge in [-0.1, -0.05) is 0 Å². The van der Waals surface area contributed by atoms with Gasteiger partial charge in [0, 0.05) is 16.9 Å². The first-order chi connectivity index (χ1) is 8.75. The lowest BCUT2D eigenvalue weighted by atomic mass is 10.2. The van der Waals surface area contributed by atoms with E-state index >= 15 is 0 Å². The standard InChI is InChI=1S/C12H16BrN3O2/c13-11-7-10(8-14-9-11)12(17)15-1-2-16-3-5-18-6-4-16/h7-9H,1-6H2,(H,15,17)/p+1. The summed E-state index contributed by atoms with van der Waals surface area (Å²) >= 11 is 3.30. The van der Waals surface area contributed by atoms with Crippen LogP contribution in [0.5, 0.6) is 0 Å². The van der Waals surface area contributed by atoms with Gasteiger partial charge >= 0.3 is 0 Å². The van der Waals surface area contributed by atoms with Gasteiger partial charge in [0.1, 0.15) is 13.1 Å². The second kappa shape index (κ2) is 6.82. The van der Waals surface area contributed by atoms with E-state index in [2.05, 4.69) is 26.2 Å². The summed E-state index contributed by atoms with van der Waals surface area (Å²) in [4.78, 5) is 17.3. The van der Waals surface area contributed by atoms with Gasteiger partial charge in [-0.05, 0) is 22.0 Å². The Hall–Kier alpha value is -0.980. The summed E-state index contributed by atoms with van der Waals surface area (Å²) in [6, 6.07) is 1.77. The summed E-state index contributed by atoms with van der Waals surface area (Å²) in [6.45, 7) is 5.30. The van der Waals surface area contributed by atoms with Gasteiger partial charge in [-0.3, -0.25) is 9.78 Å². The molecule has 5 nitrogen and oxygen atoms in total. The molecule has 1 fully saturated rings. The Kier molecular flexibility index (Phi) is 5.10. The molecule has 2 rings (SSSR count). The highest BCUT2D eigenvalue weighted by atomic mass is 79.9. The molecule has 0 bridgehead atoms. The lowest BCUT2D eigenvalue weighted by Gasteiger charge is -2.23.